The van der Waals surface area contributed by atoms with E-state index in [4.69, 9.17) is 16.3 Å². The van der Waals surface area contributed by atoms with Crippen LogP contribution in [0.3, 0.4) is 0 Å². The zero-order valence-corrected chi connectivity index (χ0v) is 21.2. The molecule has 0 spiro atoms. The molecule has 2 amide bonds. The summed E-state index contributed by atoms with van der Waals surface area (Å²) in [6.45, 7) is 2.12. The van der Waals surface area contributed by atoms with Crippen molar-refractivity contribution in [2.45, 2.75) is 19.3 Å². The highest BCUT2D eigenvalue weighted by Gasteiger charge is 2.36. The Bertz CT molecular complexity index is 1430. The number of rotatable bonds is 4. The molecular formula is C27H25ClF2N4O3. The molecule has 1 aliphatic rings. The van der Waals surface area contributed by atoms with Gasteiger partial charge in [-0.25, -0.2) is 13.8 Å². The lowest BCUT2D eigenvalue weighted by molar-refractivity contribution is -0.117. The number of nitrogens with one attached hydrogen (secondary N) is 1. The molecule has 0 aliphatic carbocycles. The minimum absolute atomic E-state index is 0.0426. The summed E-state index contributed by atoms with van der Waals surface area (Å²) < 4.78 is 35.5. The number of carbonyl (C=O) groups excluding carboxylic acids is 2. The van der Waals surface area contributed by atoms with Crippen molar-refractivity contribution in [3.05, 3.63) is 94.4 Å². The van der Waals surface area contributed by atoms with Crippen LogP contribution in [0.15, 0.2) is 61.1 Å². The molecule has 4 aromatic rings. The smallest absolute Gasteiger partial charge is 0.251 e. The number of benzene rings is 2. The normalized spacial score (nSPS) is 14.9. The van der Waals surface area contributed by atoms with E-state index < -0.39 is 17.6 Å². The number of methoxy groups -OCH3 is 1. The molecule has 5 rings (SSSR count). The number of aromatic nitrogens is 2. The topological polar surface area (TPSA) is 75.9 Å². The molecule has 1 aliphatic heterocycles. The highest BCUT2D eigenvalue weighted by atomic mass is 35.5. The van der Waals surface area contributed by atoms with E-state index in [9.17, 15) is 18.4 Å². The molecule has 2 aromatic carbocycles. The third kappa shape index (κ3) is 5.56. The van der Waals surface area contributed by atoms with Crippen LogP contribution >= 0.6 is 11.6 Å². The van der Waals surface area contributed by atoms with Crippen LogP contribution in [0.4, 0.5) is 14.5 Å². The molecule has 192 valence electrons. The van der Waals surface area contributed by atoms with Crippen LogP contribution in [0.5, 0.6) is 5.75 Å². The van der Waals surface area contributed by atoms with Crippen LogP contribution in [0, 0.1) is 18.6 Å². The maximum absolute atomic E-state index is 14.4. The van der Waals surface area contributed by atoms with Crippen LogP contribution in [-0.2, 0) is 4.79 Å². The first-order valence-corrected chi connectivity index (χ1v) is 11.8. The molecule has 1 saturated heterocycles. The highest BCUT2D eigenvalue weighted by molar-refractivity contribution is 6.30. The number of fused-ring (bicyclic) bond motifs is 1. The fraction of sp³-hybridized carbons (Fsp3) is 0.222. The molecule has 1 N–H and O–H groups in total. The summed E-state index contributed by atoms with van der Waals surface area (Å²) in [5, 5.41) is 3.16. The predicted molar refractivity (Wildman–Crippen MR) is 137 cm³/mol. The monoisotopic (exact) mass is 526 g/mol. The van der Waals surface area contributed by atoms with Crippen molar-refractivity contribution in [2.75, 3.05) is 25.6 Å². The van der Waals surface area contributed by atoms with Gasteiger partial charge in [0.25, 0.3) is 5.91 Å². The van der Waals surface area contributed by atoms with Crippen molar-refractivity contribution in [1.82, 2.24) is 14.7 Å². The van der Waals surface area contributed by atoms with Crippen LogP contribution in [-0.4, -0.2) is 41.9 Å². The van der Waals surface area contributed by atoms with Crippen molar-refractivity contribution < 1.29 is 23.1 Å². The largest absolute Gasteiger partial charge is 0.497 e. The number of anilines is 1. The number of amides is 2. The van der Waals surface area contributed by atoms with Crippen molar-refractivity contribution in [3.63, 3.8) is 0 Å². The molecule has 1 fully saturated rings. The molecule has 1 atom stereocenters. The first-order valence-electron chi connectivity index (χ1n) is 11.5. The molecule has 3 heterocycles. The number of ether oxygens (including phenoxy) is 1. The van der Waals surface area contributed by atoms with E-state index >= 15 is 0 Å². The zero-order valence-electron chi connectivity index (χ0n) is 20.5. The van der Waals surface area contributed by atoms with E-state index in [-0.39, 0.29) is 36.1 Å². The summed E-state index contributed by atoms with van der Waals surface area (Å²) in [4.78, 5) is 29.4. The number of carbonyl (C=O) groups is 2. The summed E-state index contributed by atoms with van der Waals surface area (Å²) in [6, 6.07) is 10.9. The first kappa shape index (κ1) is 26.1. The standard InChI is InChI=1S/C19H17F2N3O2.C8H8ClNO/c1-11-5-16(19-22-3-4-23(19)9-11)24-10-12(6-17(24)25)18-14(20)7-13(26-2)8-15(18)21;1-10-8(11)6-2-4-7(9)5-3-6/h3-5,7-9,12H,6,10H2,1-2H3;2-5H,1H3,(H,10,11). The van der Waals surface area contributed by atoms with Crippen LogP contribution in [0.1, 0.15) is 33.8 Å². The Morgan fingerprint density at radius 2 is 1.84 bits per heavy atom. The van der Waals surface area contributed by atoms with Gasteiger partial charge < -0.3 is 19.4 Å². The summed E-state index contributed by atoms with van der Waals surface area (Å²) in [7, 11) is 2.94. The summed E-state index contributed by atoms with van der Waals surface area (Å²) >= 11 is 5.63. The molecular weight excluding hydrogens is 502 g/mol. The second-order valence-corrected chi connectivity index (χ2v) is 8.99. The second kappa shape index (κ2) is 11.0. The van der Waals surface area contributed by atoms with Gasteiger partial charge in [0.2, 0.25) is 5.91 Å². The lowest BCUT2D eigenvalue weighted by Gasteiger charge is -2.19. The number of hydrogen-bond acceptors (Lipinski definition) is 4. The number of pyridine rings is 1. The Labute approximate surface area is 217 Å². The zero-order chi connectivity index (χ0) is 26.7. The van der Waals surface area contributed by atoms with Gasteiger partial charge in [-0.2, -0.15) is 0 Å². The highest BCUT2D eigenvalue weighted by Crippen LogP contribution is 2.37. The Hall–Kier alpha value is -3.98. The van der Waals surface area contributed by atoms with Crippen LogP contribution in [0.25, 0.3) is 5.65 Å². The number of imidazole rings is 1. The molecule has 2 aromatic heterocycles. The molecule has 10 heteroatoms. The molecule has 0 bridgehead atoms. The summed E-state index contributed by atoms with van der Waals surface area (Å²) in [5.74, 6) is -2.12. The maximum atomic E-state index is 14.4. The lowest BCUT2D eigenvalue weighted by Crippen LogP contribution is -2.25. The first-order chi connectivity index (χ1) is 17.7. The summed E-state index contributed by atoms with van der Waals surface area (Å²) in [5.41, 5.74) is 2.80. The van der Waals surface area contributed by atoms with E-state index in [1.165, 1.54) is 7.11 Å². The SMILES string of the molecule is CNC(=O)c1ccc(Cl)cc1.COc1cc(F)c(C2CC(=O)N(c3cc(C)cn4ccnc34)C2)c(F)c1. The van der Waals surface area contributed by atoms with Crippen LogP contribution in [0.2, 0.25) is 5.02 Å². The second-order valence-electron chi connectivity index (χ2n) is 8.56. The quantitative estimate of drug-likeness (QED) is 0.399. The van der Waals surface area contributed by atoms with Gasteiger partial charge in [-0.3, -0.25) is 9.59 Å². The number of hydrogen-bond donors (Lipinski definition) is 1. The fourth-order valence-corrected chi connectivity index (χ4v) is 4.43. The minimum atomic E-state index is -0.697. The van der Waals surface area contributed by atoms with Gasteiger partial charge in [0.15, 0.2) is 5.65 Å². The van der Waals surface area contributed by atoms with E-state index in [0.717, 1.165) is 17.7 Å². The number of halogens is 3. The number of aryl methyl sites for hydroxylation is 1. The molecule has 37 heavy (non-hydrogen) atoms. The van der Waals surface area contributed by atoms with Gasteiger partial charge in [-0.15, -0.1) is 0 Å². The molecule has 1 unspecified atom stereocenters. The van der Waals surface area contributed by atoms with Crippen molar-refractivity contribution in [1.29, 1.82) is 0 Å². The van der Waals surface area contributed by atoms with Crippen molar-refractivity contribution in [3.8, 4) is 5.75 Å². The maximum Gasteiger partial charge on any atom is 0.251 e. The Morgan fingerprint density at radius 1 is 1.16 bits per heavy atom. The van der Waals surface area contributed by atoms with Crippen LogP contribution < -0.4 is 15.0 Å². The van der Waals surface area contributed by atoms with E-state index in [1.807, 2.05) is 23.6 Å². The Kier molecular flexibility index (Phi) is 7.73. The predicted octanol–water partition coefficient (Wildman–Crippen LogP) is 5.15. The molecule has 7 nitrogen and oxygen atoms in total. The van der Waals surface area contributed by atoms with Gasteiger partial charge in [0.1, 0.15) is 17.4 Å². The van der Waals surface area contributed by atoms with Gasteiger partial charge in [-0.05, 0) is 42.8 Å². The molecule has 0 saturated carbocycles. The van der Waals surface area contributed by atoms with E-state index in [2.05, 4.69) is 10.3 Å². The third-order valence-corrected chi connectivity index (χ3v) is 6.30. The summed E-state index contributed by atoms with van der Waals surface area (Å²) in [6.07, 6.45) is 5.40. The molecule has 0 radical (unpaired) electrons. The van der Waals surface area contributed by atoms with Gasteiger partial charge >= 0.3 is 0 Å². The third-order valence-electron chi connectivity index (χ3n) is 6.05. The fourth-order valence-electron chi connectivity index (χ4n) is 4.30. The van der Waals surface area contributed by atoms with Crippen molar-refractivity contribution in [2.24, 2.45) is 0 Å². The Morgan fingerprint density at radius 3 is 2.46 bits per heavy atom. The average Bonchev–Trinajstić information content (AvgIpc) is 3.49. The van der Waals surface area contributed by atoms with Gasteiger partial charge in [-0.1, -0.05) is 11.6 Å². The number of nitrogens with zero attached hydrogens (tertiary/aromatic N) is 3. The van der Waals surface area contributed by atoms with E-state index in [1.54, 1.807) is 48.6 Å². The van der Waals surface area contributed by atoms with E-state index in [0.29, 0.717) is 21.9 Å². The minimum Gasteiger partial charge on any atom is -0.497 e. The average molecular weight is 527 g/mol. The van der Waals surface area contributed by atoms with Gasteiger partial charge in [0, 0.05) is 72.8 Å². The lowest BCUT2D eigenvalue weighted by atomic mass is 9.97. The van der Waals surface area contributed by atoms with Gasteiger partial charge in [0.05, 0.1) is 12.8 Å². The Balaban J connectivity index is 0.000000245. The van der Waals surface area contributed by atoms with Crippen molar-refractivity contribution >= 4 is 34.7 Å².